The number of carbonyl (C=O) groups is 1. The average molecular weight is 365 g/mol. The van der Waals surface area contributed by atoms with Crippen molar-refractivity contribution in [2.75, 3.05) is 6.54 Å². The fourth-order valence-corrected chi connectivity index (χ4v) is 3.86. The monoisotopic (exact) mass is 365 g/mol. The Morgan fingerprint density at radius 2 is 1.67 bits per heavy atom. The first-order valence-electron chi connectivity index (χ1n) is 7.49. The number of halogens is 3. The summed E-state index contributed by atoms with van der Waals surface area (Å²) in [6.45, 7) is 0.149. The zero-order chi connectivity index (χ0) is 18.0. The molecule has 9 heteroatoms. The summed E-state index contributed by atoms with van der Waals surface area (Å²) >= 11 is 0. The molecule has 0 heterocycles. The lowest BCUT2D eigenvalue weighted by Crippen LogP contribution is -2.32. The molecule has 0 amide bonds. The Labute approximate surface area is 137 Å². The molecule has 0 saturated heterocycles. The van der Waals surface area contributed by atoms with Crippen molar-refractivity contribution in [2.45, 2.75) is 36.8 Å². The molecule has 1 saturated carbocycles. The molecule has 1 aliphatic rings. The van der Waals surface area contributed by atoms with Crippen molar-refractivity contribution in [3.63, 3.8) is 0 Å². The maximum Gasteiger partial charge on any atom is 0.416 e. The topological polar surface area (TPSA) is 83.5 Å². The number of alkyl halides is 3. The molecule has 134 valence electrons. The van der Waals surface area contributed by atoms with Crippen LogP contribution in [-0.4, -0.2) is 26.0 Å². The molecule has 0 atom stereocenters. The van der Waals surface area contributed by atoms with Crippen LogP contribution in [0.3, 0.4) is 0 Å². The van der Waals surface area contributed by atoms with E-state index in [4.69, 9.17) is 5.11 Å². The molecular formula is C15H18F3NO4S. The zero-order valence-electron chi connectivity index (χ0n) is 12.7. The normalized spacial score (nSPS) is 22.3. The minimum absolute atomic E-state index is 0.0322. The summed E-state index contributed by atoms with van der Waals surface area (Å²) in [6.07, 6.45) is -2.30. The van der Waals surface area contributed by atoms with Gasteiger partial charge in [-0.25, -0.2) is 13.1 Å². The molecule has 2 rings (SSSR count). The first-order valence-corrected chi connectivity index (χ1v) is 8.97. The lowest BCUT2D eigenvalue weighted by atomic mass is 9.82. The number of hydrogen-bond donors (Lipinski definition) is 2. The number of hydrogen-bond acceptors (Lipinski definition) is 3. The lowest BCUT2D eigenvalue weighted by molar-refractivity contribution is -0.143. The molecule has 0 radical (unpaired) electrons. The smallest absolute Gasteiger partial charge is 0.416 e. The van der Waals surface area contributed by atoms with Gasteiger partial charge in [-0.15, -0.1) is 0 Å². The third-order valence-corrected chi connectivity index (χ3v) is 5.69. The fourth-order valence-electron chi connectivity index (χ4n) is 2.75. The van der Waals surface area contributed by atoms with E-state index >= 15 is 0 Å². The van der Waals surface area contributed by atoms with Gasteiger partial charge in [0.1, 0.15) is 0 Å². The molecule has 0 unspecified atom stereocenters. The molecule has 24 heavy (non-hydrogen) atoms. The van der Waals surface area contributed by atoms with Gasteiger partial charge in [-0.3, -0.25) is 4.79 Å². The summed E-state index contributed by atoms with van der Waals surface area (Å²) in [6, 6.07) is 3.30. The largest absolute Gasteiger partial charge is 0.481 e. The Kier molecular flexibility index (Phi) is 5.54. The van der Waals surface area contributed by atoms with Crippen LogP contribution in [0.4, 0.5) is 13.2 Å². The van der Waals surface area contributed by atoms with Gasteiger partial charge >= 0.3 is 12.1 Å². The number of sulfonamides is 1. The van der Waals surface area contributed by atoms with Gasteiger partial charge in [0.25, 0.3) is 0 Å². The quantitative estimate of drug-likeness (QED) is 0.840. The summed E-state index contributed by atoms with van der Waals surface area (Å²) in [7, 11) is -3.89. The minimum Gasteiger partial charge on any atom is -0.481 e. The summed E-state index contributed by atoms with van der Waals surface area (Å²) in [5.74, 6) is -1.18. The molecule has 1 fully saturated rings. The van der Waals surface area contributed by atoms with Crippen LogP contribution in [0.2, 0.25) is 0 Å². The molecule has 0 bridgehead atoms. The van der Waals surface area contributed by atoms with E-state index in [0.717, 1.165) is 24.3 Å². The van der Waals surface area contributed by atoms with E-state index in [1.165, 1.54) is 0 Å². The molecule has 0 aliphatic heterocycles. The van der Waals surface area contributed by atoms with Crippen LogP contribution in [0, 0.1) is 11.8 Å². The first kappa shape index (κ1) is 18.7. The average Bonchev–Trinajstić information content (AvgIpc) is 2.53. The summed E-state index contributed by atoms with van der Waals surface area (Å²) < 4.78 is 64.1. The Hall–Kier alpha value is -1.61. The van der Waals surface area contributed by atoms with Crippen LogP contribution in [0.15, 0.2) is 29.2 Å². The van der Waals surface area contributed by atoms with E-state index in [0.29, 0.717) is 25.7 Å². The Morgan fingerprint density at radius 1 is 1.12 bits per heavy atom. The van der Waals surface area contributed by atoms with Crippen LogP contribution < -0.4 is 4.72 Å². The van der Waals surface area contributed by atoms with Crippen LogP contribution in [0.1, 0.15) is 31.2 Å². The number of benzene rings is 1. The van der Waals surface area contributed by atoms with Crippen molar-refractivity contribution in [1.82, 2.24) is 4.72 Å². The summed E-state index contributed by atoms with van der Waals surface area (Å²) in [5, 5.41) is 8.92. The van der Waals surface area contributed by atoms with E-state index in [1.54, 1.807) is 0 Å². The van der Waals surface area contributed by atoms with Crippen molar-refractivity contribution in [3.05, 3.63) is 29.8 Å². The zero-order valence-corrected chi connectivity index (χ0v) is 13.5. The van der Waals surface area contributed by atoms with Crippen molar-refractivity contribution in [2.24, 2.45) is 11.8 Å². The third-order valence-electron chi connectivity index (χ3n) is 4.25. The summed E-state index contributed by atoms with van der Waals surface area (Å²) in [5.41, 5.74) is -0.909. The Bertz CT molecular complexity index is 678. The van der Waals surface area contributed by atoms with Gasteiger partial charge in [-0.1, -0.05) is 0 Å². The highest BCUT2D eigenvalue weighted by molar-refractivity contribution is 7.89. The number of rotatable bonds is 5. The van der Waals surface area contributed by atoms with Crippen molar-refractivity contribution in [3.8, 4) is 0 Å². The maximum absolute atomic E-state index is 12.5. The molecule has 1 aliphatic carbocycles. The first-order chi connectivity index (χ1) is 11.1. The maximum atomic E-state index is 12.5. The van der Waals surface area contributed by atoms with E-state index < -0.39 is 27.7 Å². The molecule has 1 aromatic carbocycles. The van der Waals surface area contributed by atoms with E-state index in [2.05, 4.69) is 4.72 Å². The second-order valence-corrected chi connectivity index (χ2v) is 7.70. The molecule has 2 N–H and O–H groups in total. The minimum atomic E-state index is -4.52. The highest BCUT2D eigenvalue weighted by Gasteiger charge is 2.31. The molecular weight excluding hydrogens is 347 g/mol. The van der Waals surface area contributed by atoms with Gasteiger partial charge in [-0.05, 0) is 55.9 Å². The summed E-state index contributed by atoms with van der Waals surface area (Å²) in [4.78, 5) is 10.6. The Morgan fingerprint density at radius 3 is 2.12 bits per heavy atom. The molecule has 0 spiro atoms. The van der Waals surface area contributed by atoms with E-state index in [-0.39, 0.29) is 23.3 Å². The lowest BCUT2D eigenvalue weighted by Gasteiger charge is -2.26. The van der Waals surface area contributed by atoms with Gasteiger partial charge < -0.3 is 5.11 Å². The highest BCUT2D eigenvalue weighted by Crippen LogP contribution is 2.30. The number of carboxylic acids is 1. The Balaban J connectivity index is 1.93. The van der Waals surface area contributed by atoms with E-state index in [1.807, 2.05) is 0 Å². The molecule has 0 aromatic heterocycles. The van der Waals surface area contributed by atoms with Gasteiger partial charge in [-0.2, -0.15) is 13.2 Å². The SMILES string of the molecule is O=C(O)C1CCC(CNS(=O)(=O)c2ccc(C(F)(F)F)cc2)CC1. The predicted molar refractivity (Wildman–Crippen MR) is 79.7 cm³/mol. The van der Waals surface area contributed by atoms with Crippen LogP contribution >= 0.6 is 0 Å². The van der Waals surface area contributed by atoms with Crippen LogP contribution in [0.25, 0.3) is 0 Å². The molecule has 5 nitrogen and oxygen atoms in total. The van der Waals surface area contributed by atoms with Gasteiger partial charge in [0.15, 0.2) is 0 Å². The van der Waals surface area contributed by atoms with Crippen molar-refractivity contribution >= 4 is 16.0 Å². The highest BCUT2D eigenvalue weighted by atomic mass is 32.2. The third kappa shape index (κ3) is 4.70. The van der Waals surface area contributed by atoms with Gasteiger partial charge in [0.2, 0.25) is 10.0 Å². The standard InChI is InChI=1S/C15H18F3NO4S/c16-15(17,18)12-5-7-13(8-6-12)24(22,23)19-9-10-1-3-11(4-2-10)14(20)21/h5-8,10-11,19H,1-4,9H2,(H,20,21). The number of nitrogens with one attached hydrogen (secondary N) is 1. The van der Waals surface area contributed by atoms with Crippen molar-refractivity contribution < 1.29 is 31.5 Å². The fraction of sp³-hybridized carbons (Fsp3) is 0.533. The van der Waals surface area contributed by atoms with Gasteiger partial charge in [0.05, 0.1) is 16.4 Å². The van der Waals surface area contributed by atoms with Crippen LogP contribution in [0.5, 0.6) is 0 Å². The predicted octanol–water partition coefficient (Wildman–Crippen LogP) is 2.87. The van der Waals surface area contributed by atoms with Crippen LogP contribution in [-0.2, 0) is 21.0 Å². The number of aliphatic carboxylic acids is 1. The second-order valence-electron chi connectivity index (χ2n) is 5.93. The van der Waals surface area contributed by atoms with Gasteiger partial charge in [0, 0.05) is 6.54 Å². The van der Waals surface area contributed by atoms with Crippen molar-refractivity contribution in [1.29, 1.82) is 0 Å². The second kappa shape index (κ2) is 7.10. The number of carboxylic acid groups (broad SMARTS) is 1. The van der Waals surface area contributed by atoms with E-state index in [9.17, 15) is 26.4 Å². The molecule has 1 aromatic rings.